The fourth-order valence-corrected chi connectivity index (χ4v) is 5.08. The molecule has 2 aromatic carbocycles. The van der Waals surface area contributed by atoms with Gasteiger partial charge in [-0.1, -0.05) is 6.07 Å². The molecule has 1 aromatic heterocycles. The van der Waals surface area contributed by atoms with Gasteiger partial charge in [0.25, 0.3) is 0 Å². The number of aromatic nitrogens is 1. The van der Waals surface area contributed by atoms with Crippen LogP contribution in [-0.2, 0) is 21.3 Å². The van der Waals surface area contributed by atoms with Crippen molar-refractivity contribution in [1.82, 2.24) is 4.98 Å². The monoisotopic (exact) mass is 423 g/mol. The number of hydrogen-bond donors (Lipinski definition) is 0. The van der Waals surface area contributed by atoms with E-state index in [9.17, 15) is 12.8 Å². The van der Waals surface area contributed by atoms with Gasteiger partial charge in [-0.2, -0.15) is 0 Å². The summed E-state index contributed by atoms with van der Waals surface area (Å²) in [7, 11) is -0.609. The van der Waals surface area contributed by atoms with Crippen LogP contribution in [0.2, 0.25) is 0 Å². The van der Waals surface area contributed by atoms with E-state index in [2.05, 4.69) is 4.98 Å². The summed E-state index contributed by atoms with van der Waals surface area (Å²) in [6, 6.07) is 8.82. The first-order valence-electron chi connectivity index (χ1n) is 8.18. The van der Waals surface area contributed by atoms with Crippen molar-refractivity contribution in [2.75, 3.05) is 14.2 Å². The Kier molecular flexibility index (Phi) is 6.15. The Balaban J connectivity index is 1.92. The number of rotatable bonds is 8. The lowest BCUT2D eigenvalue weighted by atomic mass is 10.2. The van der Waals surface area contributed by atoms with Crippen molar-refractivity contribution in [2.24, 2.45) is 0 Å². The topological polar surface area (TPSA) is 74.7 Å². The molecule has 0 saturated carbocycles. The molecule has 3 rings (SSSR count). The third kappa shape index (κ3) is 4.79. The number of nitrogens with zero attached hydrogens (tertiary/aromatic N) is 1. The van der Waals surface area contributed by atoms with E-state index in [-0.39, 0.29) is 22.8 Å². The summed E-state index contributed by atoms with van der Waals surface area (Å²) >= 11 is 1.25. The standard InChI is InChI=1S/C19H18FNO5S2/c1-24-16-4-3-5-17(19(16)25-2)26-15-7-6-14(20)10-13(15)11-28(22,23)12-18-21-8-9-27-18/h3-10H,11-12H2,1-2H3. The Morgan fingerprint density at radius 2 is 1.82 bits per heavy atom. The van der Waals surface area contributed by atoms with E-state index >= 15 is 0 Å². The summed E-state index contributed by atoms with van der Waals surface area (Å²) in [5, 5.41) is 2.18. The van der Waals surface area contributed by atoms with E-state index < -0.39 is 15.7 Å². The predicted octanol–water partition coefficient (Wildman–Crippen LogP) is 4.21. The van der Waals surface area contributed by atoms with Crippen LogP contribution in [0.3, 0.4) is 0 Å². The van der Waals surface area contributed by atoms with Crippen LogP contribution < -0.4 is 14.2 Å². The second-order valence-electron chi connectivity index (χ2n) is 5.80. The number of sulfone groups is 1. The number of ether oxygens (including phenoxy) is 3. The van der Waals surface area contributed by atoms with E-state index in [1.165, 1.54) is 37.7 Å². The molecule has 0 radical (unpaired) electrons. The Morgan fingerprint density at radius 3 is 2.50 bits per heavy atom. The summed E-state index contributed by atoms with van der Waals surface area (Å²) in [6.07, 6.45) is 1.54. The number of thiazole rings is 1. The van der Waals surface area contributed by atoms with Crippen molar-refractivity contribution < 1.29 is 27.0 Å². The fourth-order valence-electron chi connectivity index (χ4n) is 2.62. The van der Waals surface area contributed by atoms with Crippen LogP contribution in [0, 0.1) is 5.82 Å². The summed E-state index contributed by atoms with van der Waals surface area (Å²) in [5.41, 5.74) is 0.210. The van der Waals surface area contributed by atoms with Crippen LogP contribution in [0.1, 0.15) is 10.6 Å². The number of methoxy groups -OCH3 is 2. The van der Waals surface area contributed by atoms with Gasteiger partial charge >= 0.3 is 0 Å². The maximum atomic E-state index is 13.8. The lowest BCUT2D eigenvalue weighted by Crippen LogP contribution is -2.09. The Labute approximate surface area is 166 Å². The maximum absolute atomic E-state index is 13.8. The van der Waals surface area contributed by atoms with Gasteiger partial charge in [-0.25, -0.2) is 17.8 Å². The summed E-state index contributed by atoms with van der Waals surface area (Å²) < 4.78 is 55.3. The van der Waals surface area contributed by atoms with Crippen molar-refractivity contribution in [3.63, 3.8) is 0 Å². The van der Waals surface area contributed by atoms with E-state index in [1.807, 2.05) is 0 Å². The van der Waals surface area contributed by atoms with Gasteiger partial charge < -0.3 is 14.2 Å². The Hall–Kier alpha value is -2.65. The van der Waals surface area contributed by atoms with Crippen molar-refractivity contribution in [1.29, 1.82) is 0 Å². The van der Waals surface area contributed by atoms with E-state index in [0.29, 0.717) is 22.3 Å². The predicted molar refractivity (Wildman–Crippen MR) is 104 cm³/mol. The van der Waals surface area contributed by atoms with Crippen LogP contribution in [-0.4, -0.2) is 27.6 Å². The molecule has 6 nitrogen and oxygen atoms in total. The van der Waals surface area contributed by atoms with E-state index in [4.69, 9.17) is 14.2 Å². The molecule has 0 aliphatic carbocycles. The molecule has 0 fully saturated rings. The highest BCUT2D eigenvalue weighted by Gasteiger charge is 2.20. The minimum absolute atomic E-state index is 0.210. The van der Waals surface area contributed by atoms with Gasteiger partial charge in [-0.3, -0.25) is 0 Å². The summed E-state index contributed by atoms with van der Waals surface area (Å²) in [6.45, 7) is 0. The lowest BCUT2D eigenvalue weighted by Gasteiger charge is -2.15. The van der Waals surface area contributed by atoms with Crippen LogP contribution in [0.5, 0.6) is 23.0 Å². The highest BCUT2D eigenvalue weighted by Crippen LogP contribution is 2.40. The largest absolute Gasteiger partial charge is 0.493 e. The lowest BCUT2D eigenvalue weighted by molar-refractivity contribution is 0.336. The molecule has 0 N–H and O–H groups in total. The molecule has 1 heterocycles. The number of halogens is 1. The average Bonchev–Trinajstić information content (AvgIpc) is 3.15. The normalized spacial score (nSPS) is 11.2. The number of benzene rings is 2. The molecule has 0 atom stereocenters. The molecule has 3 aromatic rings. The zero-order valence-electron chi connectivity index (χ0n) is 15.2. The summed E-state index contributed by atoms with van der Waals surface area (Å²) in [4.78, 5) is 4.00. The highest BCUT2D eigenvalue weighted by atomic mass is 32.2. The Morgan fingerprint density at radius 1 is 1.04 bits per heavy atom. The average molecular weight is 423 g/mol. The molecular formula is C19H18FNO5S2. The first-order valence-corrected chi connectivity index (χ1v) is 10.9. The third-order valence-corrected chi connectivity index (χ3v) is 6.24. The minimum Gasteiger partial charge on any atom is -0.493 e. The highest BCUT2D eigenvalue weighted by molar-refractivity contribution is 7.90. The Bertz CT molecular complexity index is 1050. The van der Waals surface area contributed by atoms with Crippen LogP contribution in [0.25, 0.3) is 0 Å². The SMILES string of the molecule is COc1cccc(Oc2ccc(F)cc2CS(=O)(=O)Cc2nccs2)c1OC. The fraction of sp³-hybridized carbons (Fsp3) is 0.211. The van der Waals surface area contributed by atoms with Gasteiger partial charge in [-0.05, 0) is 30.3 Å². The first-order chi connectivity index (χ1) is 13.4. The maximum Gasteiger partial charge on any atom is 0.203 e. The van der Waals surface area contributed by atoms with Crippen molar-refractivity contribution in [3.05, 3.63) is 64.4 Å². The van der Waals surface area contributed by atoms with Crippen LogP contribution >= 0.6 is 11.3 Å². The quantitative estimate of drug-likeness (QED) is 0.540. The third-order valence-electron chi connectivity index (χ3n) is 3.81. The minimum atomic E-state index is -3.57. The molecule has 9 heteroatoms. The van der Waals surface area contributed by atoms with Gasteiger partial charge in [0, 0.05) is 17.1 Å². The zero-order chi connectivity index (χ0) is 20.1. The molecule has 0 bridgehead atoms. The zero-order valence-corrected chi connectivity index (χ0v) is 16.8. The van der Waals surface area contributed by atoms with Crippen molar-refractivity contribution in [3.8, 4) is 23.0 Å². The summed E-state index contributed by atoms with van der Waals surface area (Å²) in [5.74, 6) is 0.202. The van der Waals surface area contributed by atoms with Crippen LogP contribution in [0.4, 0.5) is 4.39 Å². The first kappa shape index (κ1) is 20.1. The molecule has 0 amide bonds. The van der Waals surface area contributed by atoms with Gasteiger partial charge in [0.15, 0.2) is 21.3 Å². The number of hydrogen-bond acceptors (Lipinski definition) is 7. The van der Waals surface area contributed by atoms with Crippen molar-refractivity contribution in [2.45, 2.75) is 11.5 Å². The molecule has 28 heavy (non-hydrogen) atoms. The molecule has 0 aliphatic rings. The van der Waals surface area contributed by atoms with Gasteiger partial charge in [0.2, 0.25) is 5.75 Å². The van der Waals surface area contributed by atoms with E-state index in [0.717, 1.165) is 6.07 Å². The van der Waals surface area contributed by atoms with Gasteiger partial charge in [-0.15, -0.1) is 11.3 Å². The van der Waals surface area contributed by atoms with Crippen LogP contribution in [0.15, 0.2) is 48.0 Å². The second kappa shape index (κ2) is 8.57. The number of para-hydroxylation sites is 1. The second-order valence-corrected chi connectivity index (χ2v) is 8.85. The molecule has 0 saturated heterocycles. The molecule has 0 aliphatic heterocycles. The van der Waals surface area contributed by atoms with Crippen molar-refractivity contribution >= 4 is 21.2 Å². The molecule has 0 unspecified atom stereocenters. The molecule has 148 valence electrons. The van der Waals surface area contributed by atoms with Gasteiger partial charge in [0.1, 0.15) is 22.3 Å². The van der Waals surface area contributed by atoms with Gasteiger partial charge in [0.05, 0.1) is 20.0 Å². The molecular weight excluding hydrogens is 405 g/mol. The van der Waals surface area contributed by atoms with E-state index in [1.54, 1.807) is 29.8 Å². The molecule has 0 spiro atoms. The smallest absolute Gasteiger partial charge is 0.203 e.